The van der Waals surface area contributed by atoms with E-state index in [9.17, 15) is 13.2 Å². The van der Waals surface area contributed by atoms with Gasteiger partial charge in [0.05, 0.1) is 24.3 Å². The first-order chi connectivity index (χ1) is 17.9. The molecule has 0 N–H and O–H groups in total. The summed E-state index contributed by atoms with van der Waals surface area (Å²) in [5.74, 6) is 0.431. The number of aryl methyl sites for hydroxylation is 2. The first-order valence-corrected chi connectivity index (χ1v) is 15.0. The third-order valence-electron chi connectivity index (χ3n) is 8.22. The van der Waals surface area contributed by atoms with Crippen molar-refractivity contribution in [2.24, 2.45) is 11.8 Å². The predicted octanol–water partition coefficient (Wildman–Crippen LogP) is 5.15. The molecule has 3 aliphatic rings. The van der Waals surface area contributed by atoms with Crippen LogP contribution in [0.2, 0.25) is 0 Å². The average molecular weight is 528 g/mol. The van der Waals surface area contributed by atoms with E-state index >= 15 is 0 Å². The van der Waals surface area contributed by atoms with E-state index in [1.54, 1.807) is 16.4 Å². The molecule has 1 saturated heterocycles. The third-order valence-corrected chi connectivity index (χ3v) is 10.1. The molecule has 2 aromatic carbocycles. The number of methoxy groups -OCH3 is 1. The van der Waals surface area contributed by atoms with Crippen LogP contribution in [0.25, 0.3) is 0 Å². The van der Waals surface area contributed by atoms with Crippen molar-refractivity contribution in [3.05, 3.63) is 53.1 Å². The van der Waals surface area contributed by atoms with Gasteiger partial charge in [-0.2, -0.15) is 0 Å². The number of sulfonamides is 1. The fraction of sp³-hybridized carbons (Fsp3) is 0.552. The van der Waals surface area contributed by atoms with Gasteiger partial charge in [-0.15, -0.1) is 0 Å². The first kappa shape index (κ1) is 26.0. The molecule has 1 saturated carbocycles. The van der Waals surface area contributed by atoms with Crippen molar-refractivity contribution in [2.45, 2.75) is 69.2 Å². The largest absolute Gasteiger partial charge is 0.492 e. The second-order valence-corrected chi connectivity index (χ2v) is 12.2. The molecule has 0 radical (unpaired) electrons. The van der Waals surface area contributed by atoms with Gasteiger partial charge in [0.25, 0.3) is 10.0 Å². The van der Waals surface area contributed by atoms with Crippen LogP contribution in [-0.2, 0) is 32.3 Å². The van der Waals surface area contributed by atoms with Crippen molar-refractivity contribution in [1.29, 1.82) is 0 Å². The minimum atomic E-state index is -3.93. The second-order valence-electron chi connectivity index (χ2n) is 10.4. The van der Waals surface area contributed by atoms with Gasteiger partial charge in [0.2, 0.25) is 0 Å². The summed E-state index contributed by atoms with van der Waals surface area (Å²) in [6.07, 6.45) is 7.62. The van der Waals surface area contributed by atoms with E-state index in [0.717, 1.165) is 62.6 Å². The maximum atomic E-state index is 14.3. The number of fused-ring (bicyclic) bond motifs is 1. The molecule has 0 spiro atoms. The lowest BCUT2D eigenvalue weighted by Gasteiger charge is -2.45. The highest BCUT2D eigenvalue weighted by molar-refractivity contribution is 7.92. The maximum Gasteiger partial charge on any atom is 0.341 e. The molecule has 0 aromatic heterocycles. The Hall–Kier alpha value is -2.58. The molecular formula is C29H37NO6S. The molecule has 1 aliphatic carbocycles. The molecule has 2 fully saturated rings. The van der Waals surface area contributed by atoms with Crippen LogP contribution in [0.1, 0.15) is 66.9 Å². The summed E-state index contributed by atoms with van der Waals surface area (Å²) in [6, 6.07) is 10.6. The molecule has 2 aliphatic heterocycles. The van der Waals surface area contributed by atoms with E-state index in [1.165, 1.54) is 18.7 Å². The number of carbonyl (C=O) groups is 1. The Bertz CT molecular complexity index is 1230. The third kappa shape index (κ3) is 5.23. The molecule has 200 valence electrons. The maximum absolute atomic E-state index is 14.3. The van der Waals surface area contributed by atoms with Crippen molar-refractivity contribution in [2.75, 3.05) is 31.2 Å². The van der Waals surface area contributed by atoms with Crippen molar-refractivity contribution in [1.82, 2.24) is 0 Å². The number of nitrogens with zero attached hydrogens (tertiary/aromatic N) is 1. The minimum absolute atomic E-state index is 0.0789. The number of esters is 1. The number of benzene rings is 2. The van der Waals surface area contributed by atoms with Crippen LogP contribution in [0.15, 0.2) is 41.3 Å². The lowest BCUT2D eigenvalue weighted by atomic mass is 9.76. The minimum Gasteiger partial charge on any atom is -0.492 e. The van der Waals surface area contributed by atoms with E-state index in [0.29, 0.717) is 37.4 Å². The average Bonchev–Trinajstić information content (AvgIpc) is 2.90. The molecule has 0 bridgehead atoms. The highest BCUT2D eigenvalue weighted by Crippen LogP contribution is 2.44. The van der Waals surface area contributed by atoms with E-state index in [-0.39, 0.29) is 16.5 Å². The number of hydrogen-bond donors (Lipinski definition) is 0. The van der Waals surface area contributed by atoms with Gasteiger partial charge in [-0.3, -0.25) is 4.31 Å². The number of rotatable bonds is 8. The Morgan fingerprint density at radius 1 is 1.05 bits per heavy atom. The lowest BCUT2D eigenvalue weighted by molar-refractivity contribution is 0.0483. The zero-order chi connectivity index (χ0) is 26.0. The summed E-state index contributed by atoms with van der Waals surface area (Å²) < 4.78 is 46.6. The number of anilines is 1. The smallest absolute Gasteiger partial charge is 0.341 e. The van der Waals surface area contributed by atoms with Gasteiger partial charge in [-0.05, 0) is 92.2 Å². The summed E-state index contributed by atoms with van der Waals surface area (Å²) in [5, 5.41) is 0. The number of carbonyl (C=O) groups excluding carboxylic acids is 1. The second kappa shape index (κ2) is 11.0. The zero-order valence-electron chi connectivity index (χ0n) is 21.8. The summed E-state index contributed by atoms with van der Waals surface area (Å²) in [7, 11) is -2.63. The Morgan fingerprint density at radius 2 is 1.84 bits per heavy atom. The van der Waals surface area contributed by atoms with Crippen LogP contribution in [0.5, 0.6) is 5.75 Å². The topological polar surface area (TPSA) is 82.1 Å². The fourth-order valence-electron chi connectivity index (χ4n) is 5.73. The standard InChI is InChI=1S/C29H37NO6S/c1-3-20-7-10-27-23(17-20)8-11-26(22-5-4-6-22)30(27)37(32,33)24-9-12-28(25(18-24)29(31)34-2)36-19-21-13-15-35-16-14-21/h7,9-10,12,17-18,21-22,26H,3-6,8,11,13-16,19H2,1-2H3. The molecule has 1 unspecified atom stereocenters. The summed E-state index contributed by atoms with van der Waals surface area (Å²) in [5.41, 5.74) is 3.18. The molecular weight excluding hydrogens is 490 g/mol. The van der Waals surface area contributed by atoms with Crippen molar-refractivity contribution < 1.29 is 27.4 Å². The molecule has 2 aromatic rings. The van der Waals surface area contributed by atoms with E-state index < -0.39 is 16.0 Å². The summed E-state index contributed by atoms with van der Waals surface area (Å²) >= 11 is 0. The van der Waals surface area contributed by atoms with Crippen LogP contribution in [0, 0.1) is 11.8 Å². The predicted molar refractivity (Wildman–Crippen MR) is 142 cm³/mol. The highest BCUT2D eigenvalue weighted by Gasteiger charge is 2.42. The first-order valence-electron chi connectivity index (χ1n) is 13.5. The van der Waals surface area contributed by atoms with Gasteiger partial charge in [0.1, 0.15) is 11.3 Å². The Morgan fingerprint density at radius 3 is 2.51 bits per heavy atom. The van der Waals surface area contributed by atoms with Crippen LogP contribution < -0.4 is 9.04 Å². The van der Waals surface area contributed by atoms with Gasteiger partial charge in [0.15, 0.2) is 0 Å². The zero-order valence-corrected chi connectivity index (χ0v) is 22.6. The van der Waals surface area contributed by atoms with Gasteiger partial charge in [-0.25, -0.2) is 13.2 Å². The Kier molecular flexibility index (Phi) is 7.77. The normalized spacial score (nSPS) is 20.7. The van der Waals surface area contributed by atoms with E-state index in [4.69, 9.17) is 14.2 Å². The van der Waals surface area contributed by atoms with Gasteiger partial charge in [-0.1, -0.05) is 25.5 Å². The molecule has 1 atom stereocenters. The molecule has 8 heteroatoms. The Balaban J connectivity index is 1.50. The van der Waals surface area contributed by atoms with Crippen molar-refractivity contribution in [3.8, 4) is 5.75 Å². The molecule has 5 rings (SSSR count). The van der Waals surface area contributed by atoms with Gasteiger partial charge >= 0.3 is 5.97 Å². The molecule has 37 heavy (non-hydrogen) atoms. The van der Waals surface area contributed by atoms with E-state index in [2.05, 4.69) is 13.0 Å². The highest BCUT2D eigenvalue weighted by atomic mass is 32.2. The Labute approximate surface area is 220 Å². The van der Waals surface area contributed by atoms with Crippen LogP contribution >= 0.6 is 0 Å². The van der Waals surface area contributed by atoms with Crippen molar-refractivity contribution >= 4 is 21.7 Å². The van der Waals surface area contributed by atoms with Crippen molar-refractivity contribution in [3.63, 3.8) is 0 Å². The fourth-order valence-corrected chi connectivity index (χ4v) is 7.54. The van der Waals surface area contributed by atoms with E-state index in [1.807, 2.05) is 12.1 Å². The lowest BCUT2D eigenvalue weighted by Crippen LogP contribution is -2.49. The van der Waals surface area contributed by atoms with Crippen LogP contribution in [0.3, 0.4) is 0 Å². The SMILES string of the molecule is CCc1ccc2c(c1)CCC(C1CCC1)N2S(=O)(=O)c1ccc(OCC2CCOCC2)c(C(=O)OC)c1. The van der Waals surface area contributed by atoms with Gasteiger partial charge in [0, 0.05) is 19.3 Å². The monoisotopic (exact) mass is 527 g/mol. The van der Waals surface area contributed by atoms with Gasteiger partial charge < -0.3 is 14.2 Å². The number of ether oxygens (including phenoxy) is 3. The molecule has 2 heterocycles. The summed E-state index contributed by atoms with van der Waals surface area (Å²) in [4.78, 5) is 12.8. The van der Waals surface area contributed by atoms with Crippen LogP contribution in [-0.4, -0.2) is 47.4 Å². The quantitative estimate of drug-likeness (QED) is 0.442. The summed E-state index contributed by atoms with van der Waals surface area (Å²) in [6.45, 7) is 3.96. The number of hydrogen-bond acceptors (Lipinski definition) is 6. The molecule has 0 amide bonds. The van der Waals surface area contributed by atoms with Crippen LogP contribution in [0.4, 0.5) is 5.69 Å². The molecule has 7 nitrogen and oxygen atoms in total.